The summed E-state index contributed by atoms with van der Waals surface area (Å²) in [6, 6.07) is -0.443. The van der Waals surface area contributed by atoms with Gasteiger partial charge in [0.2, 0.25) is 0 Å². The second kappa shape index (κ2) is 7.80. The molecule has 0 aromatic carbocycles. The van der Waals surface area contributed by atoms with Crippen molar-refractivity contribution in [1.29, 1.82) is 0 Å². The number of carbonyl (C=O) groups is 1. The molecule has 0 aliphatic heterocycles. The largest absolute Gasteiger partial charge is 0.468 e. The minimum atomic E-state index is -0.443. The molecule has 2 N–H and O–H groups in total. The molecule has 0 bridgehead atoms. The number of carbonyl (C=O) groups excluding carboxylic acids is 1. The minimum absolute atomic E-state index is 0.292. The van der Waals surface area contributed by atoms with Crippen LogP contribution in [-0.4, -0.2) is 19.1 Å². The maximum Gasteiger partial charge on any atom is 0.322 e. The molecule has 0 rings (SSSR count). The molecule has 3 nitrogen and oxygen atoms in total. The van der Waals surface area contributed by atoms with E-state index in [1.807, 2.05) is 0 Å². The van der Waals surface area contributed by atoms with Crippen molar-refractivity contribution in [1.82, 2.24) is 0 Å². The molecule has 84 valence electrons. The number of nitrogens with two attached hydrogens (primary N) is 1. The van der Waals surface area contributed by atoms with E-state index in [1.54, 1.807) is 0 Å². The summed E-state index contributed by atoms with van der Waals surface area (Å²) in [5.74, 6) is 0.268. The fourth-order valence-corrected chi connectivity index (χ4v) is 1.59. The topological polar surface area (TPSA) is 52.3 Å². The Morgan fingerprint density at radius 3 is 2.50 bits per heavy atom. The first-order chi connectivity index (χ1) is 6.65. The van der Waals surface area contributed by atoms with Gasteiger partial charge in [0.15, 0.2) is 0 Å². The average Bonchev–Trinajstić information content (AvgIpc) is 2.22. The van der Waals surface area contributed by atoms with Crippen molar-refractivity contribution in [3.8, 4) is 0 Å². The summed E-state index contributed by atoms with van der Waals surface area (Å²) in [5.41, 5.74) is 5.70. The molecule has 0 fully saturated rings. The first kappa shape index (κ1) is 13.4. The molecule has 0 aliphatic carbocycles. The standard InChI is InChI=1S/C11H23NO2/c1-4-6-7-9(5-2)8-10(12)11(13)14-3/h9-10H,4-8,12H2,1-3H3. The van der Waals surface area contributed by atoms with E-state index >= 15 is 0 Å². The number of esters is 1. The Morgan fingerprint density at radius 2 is 2.07 bits per heavy atom. The van der Waals surface area contributed by atoms with Gasteiger partial charge in [0.25, 0.3) is 0 Å². The van der Waals surface area contributed by atoms with Crippen LogP contribution >= 0.6 is 0 Å². The minimum Gasteiger partial charge on any atom is -0.468 e. The van der Waals surface area contributed by atoms with Crippen LogP contribution in [-0.2, 0) is 9.53 Å². The second-order valence-electron chi connectivity index (χ2n) is 3.78. The van der Waals surface area contributed by atoms with Crippen LogP contribution in [0.3, 0.4) is 0 Å². The lowest BCUT2D eigenvalue weighted by Gasteiger charge is -2.17. The van der Waals surface area contributed by atoms with Gasteiger partial charge in [-0.1, -0.05) is 39.5 Å². The molecule has 0 aromatic rings. The summed E-state index contributed by atoms with van der Waals surface area (Å²) < 4.78 is 4.60. The predicted octanol–water partition coefficient (Wildman–Crippen LogP) is 2.09. The Labute approximate surface area is 87.0 Å². The first-order valence-electron chi connectivity index (χ1n) is 5.49. The fourth-order valence-electron chi connectivity index (χ4n) is 1.59. The molecular weight excluding hydrogens is 178 g/mol. The Balaban J connectivity index is 3.85. The first-order valence-corrected chi connectivity index (χ1v) is 5.49. The highest BCUT2D eigenvalue weighted by molar-refractivity contribution is 5.75. The van der Waals surface area contributed by atoms with Gasteiger partial charge in [-0.15, -0.1) is 0 Å². The third kappa shape index (κ3) is 5.22. The van der Waals surface area contributed by atoms with E-state index in [4.69, 9.17) is 5.73 Å². The molecule has 3 heteroatoms. The van der Waals surface area contributed by atoms with Gasteiger partial charge in [-0.05, 0) is 12.3 Å². The third-order valence-electron chi connectivity index (χ3n) is 2.63. The lowest BCUT2D eigenvalue weighted by atomic mass is 9.92. The molecule has 14 heavy (non-hydrogen) atoms. The Hall–Kier alpha value is -0.570. The Kier molecular flexibility index (Phi) is 7.48. The van der Waals surface area contributed by atoms with Crippen LogP contribution in [0.2, 0.25) is 0 Å². The summed E-state index contributed by atoms with van der Waals surface area (Å²) in [4.78, 5) is 11.1. The molecule has 2 unspecified atom stereocenters. The van der Waals surface area contributed by atoms with E-state index in [0.29, 0.717) is 5.92 Å². The van der Waals surface area contributed by atoms with Crippen LogP contribution in [0, 0.1) is 5.92 Å². The number of rotatable bonds is 7. The number of hydrogen-bond acceptors (Lipinski definition) is 3. The van der Waals surface area contributed by atoms with Gasteiger partial charge in [0.1, 0.15) is 6.04 Å². The lowest BCUT2D eigenvalue weighted by molar-refractivity contribution is -0.142. The number of unbranched alkanes of at least 4 members (excludes halogenated alkanes) is 1. The van der Waals surface area contributed by atoms with Gasteiger partial charge in [0, 0.05) is 0 Å². The van der Waals surface area contributed by atoms with Crippen LogP contribution in [0.4, 0.5) is 0 Å². The quantitative estimate of drug-likeness (QED) is 0.642. The molecular formula is C11H23NO2. The predicted molar refractivity (Wildman–Crippen MR) is 57.9 cm³/mol. The monoisotopic (exact) mass is 201 g/mol. The summed E-state index contributed by atoms with van der Waals surface area (Å²) >= 11 is 0. The molecule has 0 aliphatic rings. The zero-order chi connectivity index (χ0) is 11.0. The highest BCUT2D eigenvalue weighted by Gasteiger charge is 2.18. The summed E-state index contributed by atoms with van der Waals surface area (Å²) in [5, 5.41) is 0. The lowest BCUT2D eigenvalue weighted by Crippen LogP contribution is -2.33. The van der Waals surface area contributed by atoms with E-state index in [1.165, 1.54) is 20.0 Å². The fraction of sp³-hybridized carbons (Fsp3) is 0.909. The summed E-state index contributed by atoms with van der Waals surface area (Å²) in [6.45, 7) is 4.32. The van der Waals surface area contributed by atoms with E-state index in [-0.39, 0.29) is 5.97 Å². The number of methoxy groups -OCH3 is 1. The summed E-state index contributed by atoms with van der Waals surface area (Å²) in [6.07, 6.45) is 5.42. The van der Waals surface area contributed by atoms with E-state index in [0.717, 1.165) is 19.3 Å². The maximum atomic E-state index is 11.1. The van der Waals surface area contributed by atoms with Crippen molar-refractivity contribution in [3.63, 3.8) is 0 Å². The second-order valence-corrected chi connectivity index (χ2v) is 3.78. The molecule has 0 radical (unpaired) electrons. The van der Waals surface area contributed by atoms with Crippen molar-refractivity contribution >= 4 is 5.97 Å². The van der Waals surface area contributed by atoms with Crippen LogP contribution in [0.15, 0.2) is 0 Å². The smallest absolute Gasteiger partial charge is 0.322 e. The SMILES string of the molecule is CCCCC(CC)CC(N)C(=O)OC. The molecule has 0 amide bonds. The average molecular weight is 201 g/mol. The maximum absolute atomic E-state index is 11.1. The van der Waals surface area contributed by atoms with Gasteiger partial charge < -0.3 is 10.5 Å². The van der Waals surface area contributed by atoms with Crippen molar-refractivity contribution in [3.05, 3.63) is 0 Å². The molecule has 0 aromatic heterocycles. The van der Waals surface area contributed by atoms with Crippen molar-refractivity contribution in [2.75, 3.05) is 7.11 Å². The number of ether oxygens (including phenoxy) is 1. The van der Waals surface area contributed by atoms with Crippen molar-refractivity contribution in [2.24, 2.45) is 11.7 Å². The van der Waals surface area contributed by atoms with Crippen LogP contribution < -0.4 is 5.73 Å². The van der Waals surface area contributed by atoms with E-state index in [2.05, 4.69) is 18.6 Å². The van der Waals surface area contributed by atoms with Crippen LogP contribution in [0.1, 0.15) is 46.0 Å². The Morgan fingerprint density at radius 1 is 1.43 bits per heavy atom. The third-order valence-corrected chi connectivity index (χ3v) is 2.63. The van der Waals surface area contributed by atoms with Gasteiger partial charge in [-0.25, -0.2) is 0 Å². The normalized spacial score (nSPS) is 14.9. The van der Waals surface area contributed by atoms with Crippen LogP contribution in [0.25, 0.3) is 0 Å². The van der Waals surface area contributed by atoms with E-state index < -0.39 is 6.04 Å². The van der Waals surface area contributed by atoms with Gasteiger partial charge in [-0.2, -0.15) is 0 Å². The van der Waals surface area contributed by atoms with Gasteiger partial charge >= 0.3 is 5.97 Å². The van der Waals surface area contributed by atoms with Crippen LogP contribution in [0.5, 0.6) is 0 Å². The van der Waals surface area contributed by atoms with Crippen molar-refractivity contribution < 1.29 is 9.53 Å². The summed E-state index contributed by atoms with van der Waals surface area (Å²) in [7, 11) is 1.38. The number of hydrogen-bond donors (Lipinski definition) is 1. The zero-order valence-corrected chi connectivity index (χ0v) is 9.58. The van der Waals surface area contributed by atoms with Gasteiger partial charge in [0.05, 0.1) is 7.11 Å². The van der Waals surface area contributed by atoms with Crippen molar-refractivity contribution in [2.45, 2.75) is 52.0 Å². The highest BCUT2D eigenvalue weighted by atomic mass is 16.5. The Bertz CT molecular complexity index is 159. The van der Waals surface area contributed by atoms with Gasteiger partial charge in [-0.3, -0.25) is 4.79 Å². The highest BCUT2D eigenvalue weighted by Crippen LogP contribution is 2.18. The molecule has 2 atom stereocenters. The molecule has 0 heterocycles. The molecule has 0 saturated heterocycles. The molecule has 0 spiro atoms. The van der Waals surface area contributed by atoms with E-state index in [9.17, 15) is 4.79 Å². The zero-order valence-electron chi connectivity index (χ0n) is 9.58. The molecule has 0 saturated carbocycles.